The molecule has 13 nitrogen and oxygen atoms in total. The number of rotatable bonds is 9. The number of benzene rings is 1. The molecule has 2 fully saturated rings. The number of aromatic nitrogens is 1. The van der Waals surface area contributed by atoms with Crippen LogP contribution in [-0.2, 0) is 32.0 Å². The lowest BCUT2D eigenvalue weighted by molar-refractivity contribution is -0.00952. The summed E-state index contributed by atoms with van der Waals surface area (Å²) in [5.74, 6) is -3.59. The van der Waals surface area contributed by atoms with Crippen molar-refractivity contribution in [3.8, 4) is 5.75 Å². The van der Waals surface area contributed by atoms with Crippen LogP contribution in [0.3, 0.4) is 0 Å². The predicted molar refractivity (Wildman–Crippen MR) is 139 cm³/mol. The number of fused-ring (bicyclic) bond motifs is 2. The number of amides is 2. The second-order valence-corrected chi connectivity index (χ2v) is 9.93. The maximum absolute atomic E-state index is 14.1. The zero-order valence-corrected chi connectivity index (χ0v) is 22.8. The van der Waals surface area contributed by atoms with Crippen LogP contribution in [-0.4, -0.2) is 97.5 Å². The summed E-state index contributed by atoms with van der Waals surface area (Å²) in [6, 6.07) is 2.61. The van der Waals surface area contributed by atoms with Gasteiger partial charge in [-0.15, -0.1) is 0 Å². The van der Waals surface area contributed by atoms with E-state index in [1.807, 2.05) is 0 Å². The number of carbonyl (C=O) groups is 3. The first-order valence-electron chi connectivity index (χ1n) is 13.4. The Labute approximate surface area is 238 Å². The first-order chi connectivity index (χ1) is 20.2. The molecular formula is C27H30F2N4O9. The van der Waals surface area contributed by atoms with Crippen LogP contribution < -0.4 is 15.5 Å². The predicted octanol–water partition coefficient (Wildman–Crippen LogP) is 1.08. The van der Waals surface area contributed by atoms with Gasteiger partial charge >= 0.3 is 6.16 Å². The Morgan fingerprint density at radius 3 is 2.69 bits per heavy atom. The topological polar surface area (TPSA) is 138 Å². The van der Waals surface area contributed by atoms with Crippen molar-refractivity contribution in [2.45, 2.75) is 32.3 Å². The molecule has 1 aromatic heterocycles. The van der Waals surface area contributed by atoms with Gasteiger partial charge in [-0.3, -0.25) is 19.3 Å². The average molecular weight is 593 g/mol. The molecule has 2 atom stereocenters. The summed E-state index contributed by atoms with van der Waals surface area (Å²) >= 11 is 0. The third kappa shape index (κ3) is 6.37. The van der Waals surface area contributed by atoms with Gasteiger partial charge in [-0.05, 0) is 13.0 Å². The van der Waals surface area contributed by atoms with Crippen LogP contribution >= 0.6 is 0 Å². The van der Waals surface area contributed by atoms with Crippen LogP contribution in [0.25, 0.3) is 0 Å². The van der Waals surface area contributed by atoms with Crippen LogP contribution in [0.4, 0.5) is 13.6 Å². The molecule has 0 unspecified atom stereocenters. The number of morpholine rings is 1. The molecular weight excluding hydrogens is 562 g/mol. The quantitative estimate of drug-likeness (QED) is 0.333. The third-order valence-corrected chi connectivity index (χ3v) is 7.15. The number of nitrogens with zero attached hydrogens (tertiary/aromatic N) is 3. The molecule has 5 rings (SSSR count). The smallest absolute Gasteiger partial charge is 0.451 e. The standard InChI is InChI=1S/C27H30F2N4O9/c1-16-14-40-21-13-32-12-19(25(35)30-11-17-2-3-18(28)10-20(17)29)23(34)24(22(32)26(36)33(16)21)41-15-42-27(37)39-9-6-31-4-7-38-8-5-31/h2-3,10,12,16,21H,4-9,11,13-15H2,1H3,(H,30,35)/t16-,21+/m0/s1. The normalized spacial score (nSPS) is 20.1. The molecule has 42 heavy (non-hydrogen) atoms. The Morgan fingerprint density at radius 1 is 1.14 bits per heavy atom. The fourth-order valence-corrected chi connectivity index (χ4v) is 4.95. The monoisotopic (exact) mass is 592 g/mol. The molecule has 4 heterocycles. The van der Waals surface area contributed by atoms with Crippen LogP contribution in [0, 0.1) is 11.6 Å². The van der Waals surface area contributed by atoms with E-state index in [0.717, 1.165) is 19.2 Å². The minimum Gasteiger partial charge on any atom is -0.451 e. The number of ether oxygens (including phenoxy) is 5. The summed E-state index contributed by atoms with van der Waals surface area (Å²) < 4.78 is 55.1. The summed E-state index contributed by atoms with van der Waals surface area (Å²) in [5, 5.41) is 2.43. The number of pyridine rings is 1. The second-order valence-electron chi connectivity index (χ2n) is 9.93. The molecule has 1 N–H and O–H groups in total. The maximum Gasteiger partial charge on any atom is 0.511 e. The van der Waals surface area contributed by atoms with Gasteiger partial charge < -0.3 is 38.5 Å². The number of carbonyl (C=O) groups excluding carboxylic acids is 3. The van der Waals surface area contributed by atoms with Gasteiger partial charge in [0.15, 0.2) is 11.9 Å². The molecule has 0 spiro atoms. The van der Waals surface area contributed by atoms with E-state index < -0.39 is 59.4 Å². The van der Waals surface area contributed by atoms with Crippen molar-refractivity contribution in [3.05, 3.63) is 63.1 Å². The van der Waals surface area contributed by atoms with Gasteiger partial charge in [0.05, 0.1) is 32.4 Å². The molecule has 3 aliphatic heterocycles. The Kier molecular flexibility index (Phi) is 8.99. The fourth-order valence-electron chi connectivity index (χ4n) is 4.95. The van der Waals surface area contributed by atoms with Crippen molar-refractivity contribution in [3.63, 3.8) is 0 Å². The lowest BCUT2D eigenvalue weighted by Gasteiger charge is -2.34. The van der Waals surface area contributed by atoms with Gasteiger partial charge in [-0.2, -0.15) is 0 Å². The molecule has 226 valence electrons. The van der Waals surface area contributed by atoms with E-state index in [9.17, 15) is 28.0 Å². The van der Waals surface area contributed by atoms with Gasteiger partial charge in [-0.25, -0.2) is 13.6 Å². The Morgan fingerprint density at radius 2 is 1.93 bits per heavy atom. The summed E-state index contributed by atoms with van der Waals surface area (Å²) in [4.78, 5) is 55.5. The molecule has 2 aromatic rings. The maximum atomic E-state index is 14.1. The van der Waals surface area contributed by atoms with E-state index in [1.54, 1.807) is 6.92 Å². The first kappa shape index (κ1) is 29.4. The molecule has 1 aromatic carbocycles. The van der Waals surface area contributed by atoms with E-state index in [0.29, 0.717) is 25.8 Å². The zero-order valence-electron chi connectivity index (χ0n) is 22.8. The molecule has 2 saturated heterocycles. The minimum atomic E-state index is -1.04. The molecule has 0 aliphatic carbocycles. The van der Waals surface area contributed by atoms with Gasteiger partial charge in [0.25, 0.3) is 11.8 Å². The third-order valence-electron chi connectivity index (χ3n) is 7.15. The summed E-state index contributed by atoms with van der Waals surface area (Å²) in [6.07, 6.45) is -0.471. The van der Waals surface area contributed by atoms with Gasteiger partial charge in [0, 0.05) is 44.0 Å². The summed E-state index contributed by atoms with van der Waals surface area (Å²) in [5.41, 5.74) is -1.49. The molecule has 3 aliphatic rings. The fraction of sp³-hybridized carbons (Fsp3) is 0.481. The van der Waals surface area contributed by atoms with Gasteiger partial charge in [0.2, 0.25) is 18.0 Å². The number of hydrogen-bond acceptors (Lipinski definition) is 10. The van der Waals surface area contributed by atoms with Gasteiger partial charge in [-0.1, -0.05) is 6.07 Å². The molecule has 0 bridgehead atoms. The number of hydrogen-bond donors (Lipinski definition) is 1. The highest BCUT2D eigenvalue weighted by molar-refractivity contribution is 5.99. The van der Waals surface area contributed by atoms with Crippen molar-refractivity contribution in [2.24, 2.45) is 0 Å². The molecule has 0 saturated carbocycles. The highest BCUT2D eigenvalue weighted by Crippen LogP contribution is 2.30. The summed E-state index contributed by atoms with van der Waals surface area (Å²) in [7, 11) is 0. The highest BCUT2D eigenvalue weighted by atomic mass is 19.1. The number of nitrogens with one attached hydrogen (secondary N) is 1. The van der Waals surface area contributed by atoms with Crippen molar-refractivity contribution < 1.29 is 46.8 Å². The largest absolute Gasteiger partial charge is 0.511 e. The Hall–Kier alpha value is -4.08. The lowest BCUT2D eigenvalue weighted by Crippen LogP contribution is -2.49. The van der Waals surface area contributed by atoms with E-state index >= 15 is 0 Å². The van der Waals surface area contributed by atoms with Crippen molar-refractivity contribution >= 4 is 18.0 Å². The SMILES string of the molecule is C[C@H]1CO[C@@H]2Cn3cc(C(=O)NCc4ccc(F)cc4F)c(=O)c(OCOC(=O)OCCN4CCOCC4)c3C(=O)N12. The summed E-state index contributed by atoms with van der Waals surface area (Å²) in [6.45, 7) is 4.24. The van der Waals surface area contributed by atoms with E-state index in [4.69, 9.17) is 23.7 Å². The van der Waals surface area contributed by atoms with Crippen LogP contribution in [0.15, 0.2) is 29.2 Å². The van der Waals surface area contributed by atoms with Crippen LogP contribution in [0.1, 0.15) is 33.3 Å². The lowest BCUT2D eigenvalue weighted by atomic mass is 10.1. The van der Waals surface area contributed by atoms with Crippen molar-refractivity contribution in [2.75, 3.05) is 52.9 Å². The molecule has 15 heteroatoms. The minimum absolute atomic E-state index is 0.000944. The van der Waals surface area contributed by atoms with Crippen molar-refractivity contribution in [1.82, 2.24) is 19.7 Å². The first-order valence-corrected chi connectivity index (χ1v) is 13.4. The van der Waals surface area contributed by atoms with E-state index in [1.165, 1.54) is 21.7 Å². The second kappa shape index (κ2) is 12.8. The van der Waals surface area contributed by atoms with E-state index in [-0.39, 0.29) is 43.6 Å². The average Bonchev–Trinajstić information content (AvgIpc) is 3.34. The van der Waals surface area contributed by atoms with Gasteiger partial charge in [0.1, 0.15) is 23.8 Å². The van der Waals surface area contributed by atoms with E-state index in [2.05, 4.69) is 10.2 Å². The number of halogens is 2. The van der Waals surface area contributed by atoms with Crippen molar-refractivity contribution in [1.29, 1.82) is 0 Å². The highest BCUT2D eigenvalue weighted by Gasteiger charge is 2.43. The Bertz CT molecular complexity index is 1410. The molecule has 0 radical (unpaired) electrons. The zero-order chi connectivity index (χ0) is 29.8. The molecule has 2 amide bonds. The Balaban J connectivity index is 1.31. The van der Waals surface area contributed by atoms with Crippen LogP contribution in [0.2, 0.25) is 0 Å². The van der Waals surface area contributed by atoms with Crippen LogP contribution in [0.5, 0.6) is 5.75 Å².